The molecule has 1 aliphatic carbocycles. The number of carbonyl (C=O) groups excluding carboxylic acids is 2. The lowest BCUT2D eigenvalue weighted by Crippen LogP contribution is -2.64. The van der Waals surface area contributed by atoms with Crippen molar-refractivity contribution in [3.8, 4) is 0 Å². The van der Waals surface area contributed by atoms with Gasteiger partial charge in [0.25, 0.3) is 0 Å². The van der Waals surface area contributed by atoms with Crippen molar-refractivity contribution in [2.45, 2.75) is 288 Å². The molecule has 0 aromatic rings. The largest absolute Gasteiger partial charge is 0.472 e. The minimum Gasteiger partial charge on any atom is -0.462 e. The first-order chi connectivity index (χ1) is 30.4. The van der Waals surface area contributed by atoms with Gasteiger partial charge in [0.1, 0.15) is 43.2 Å². The van der Waals surface area contributed by atoms with Crippen molar-refractivity contribution >= 4 is 19.8 Å². The van der Waals surface area contributed by atoms with E-state index >= 15 is 0 Å². The molecule has 0 aromatic carbocycles. The van der Waals surface area contributed by atoms with E-state index in [9.17, 15) is 44.6 Å². The zero-order valence-electron chi connectivity index (χ0n) is 39.9. The SMILES string of the molecule is CCCCCCCCCCCCCCCCCCCCCCCCC(=O)O[C@H](COC(=O)CCCCCCCCCCCCCC)COP(=O)(O)OC1C(O)C(O)C(O)[C@@H](O)C1O. The van der Waals surface area contributed by atoms with Crippen molar-refractivity contribution in [1.82, 2.24) is 0 Å². The van der Waals surface area contributed by atoms with Crippen molar-refractivity contribution < 1.29 is 63.1 Å². The van der Waals surface area contributed by atoms with Crippen LogP contribution in [0.2, 0.25) is 0 Å². The standard InChI is InChI=1S/C49H95O13P/c1-3-5-7-9-11-13-15-17-18-19-20-21-22-23-24-25-26-28-30-32-34-36-38-43(51)61-41(39-59-42(50)37-35-33-31-29-27-16-14-12-10-8-6-4-2)40-60-63(57,58)62-49-47(55)45(53)44(52)46(54)48(49)56/h41,44-49,52-56H,3-40H2,1-2H3,(H,57,58)/t41-,44?,45-,46?,47?,48?,49?/m1/s1. The van der Waals surface area contributed by atoms with Gasteiger partial charge in [-0.25, -0.2) is 4.57 Å². The van der Waals surface area contributed by atoms with E-state index in [4.69, 9.17) is 18.5 Å². The van der Waals surface area contributed by atoms with E-state index in [1.807, 2.05) is 0 Å². The van der Waals surface area contributed by atoms with Crippen molar-refractivity contribution in [3.63, 3.8) is 0 Å². The van der Waals surface area contributed by atoms with Crippen molar-refractivity contribution in [1.29, 1.82) is 0 Å². The Balaban J connectivity index is 2.34. The Labute approximate surface area is 382 Å². The summed E-state index contributed by atoms with van der Waals surface area (Å²) in [6.07, 6.45) is 28.8. The summed E-state index contributed by atoms with van der Waals surface area (Å²) in [5.74, 6) is -1.08. The van der Waals surface area contributed by atoms with Crippen molar-refractivity contribution in [2.75, 3.05) is 13.2 Å². The molecule has 6 unspecified atom stereocenters. The third kappa shape index (κ3) is 32.2. The molecule has 0 bridgehead atoms. The van der Waals surface area contributed by atoms with Gasteiger partial charge in [0.2, 0.25) is 0 Å². The van der Waals surface area contributed by atoms with E-state index < -0.39 is 75.7 Å². The predicted molar refractivity (Wildman–Crippen MR) is 249 cm³/mol. The zero-order valence-corrected chi connectivity index (χ0v) is 40.8. The van der Waals surface area contributed by atoms with Gasteiger partial charge in [-0.05, 0) is 12.8 Å². The van der Waals surface area contributed by atoms with Gasteiger partial charge in [-0.1, -0.05) is 219 Å². The van der Waals surface area contributed by atoms with Crippen LogP contribution in [0.1, 0.15) is 245 Å². The van der Waals surface area contributed by atoms with E-state index in [0.717, 1.165) is 38.5 Å². The van der Waals surface area contributed by atoms with Crippen LogP contribution in [0.15, 0.2) is 0 Å². The molecule has 13 nitrogen and oxygen atoms in total. The van der Waals surface area contributed by atoms with E-state index in [1.54, 1.807) is 0 Å². The number of aliphatic hydroxyl groups excluding tert-OH is 5. The monoisotopic (exact) mass is 923 g/mol. The van der Waals surface area contributed by atoms with Gasteiger partial charge in [-0.2, -0.15) is 0 Å². The highest BCUT2D eigenvalue weighted by Crippen LogP contribution is 2.47. The molecule has 0 aromatic heterocycles. The molecule has 1 aliphatic rings. The maximum atomic E-state index is 12.8. The lowest BCUT2D eigenvalue weighted by Gasteiger charge is -2.41. The van der Waals surface area contributed by atoms with Crippen molar-refractivity contribution in [3.05, 3.63) is 0 Å². The normalized spacial score (nSPS) is 21.6. The summed E-state index contributed by atoms with van der Waals surface area (Å²) < 4.78 is 33.6. The van der Waals surface area contributed by atoms with Crippen LogP contribution in [0.5, 0.6) is 0 Å². The number of phosphoric ester groups is 1. The van der Waals surface area contributed by atoms with Gasteiger partial charge in [0.15, 0.2) is 6.10 Å². The molecule has 0 aliphatic heterocycles. The first kappa shape index (κ1) is 59.9. The molecule has 1 saturated carbocycles. The van der Waals surface area contributed by atoms with Gasteiger partial charge >= 0.3 is 19.8 Å². The highest BCUT2D eigenvalue weighted by Gasteiger charge is 2.51. The molecule has 1 rings (SSSR count). The summed E-state index contributed by atoms with van der Waals surface area (Å²) in [6, 6.07) is 0. The van der Waals surface area contributed by atoms with Gasteiger partial charge in [-0.3, -0.25) is 18.6 Å². The zero-order chi connectivity index (χ0) is 46.4. The second kappa shape index (κ2) is 40.0. The molecule has 6 N–H and O–H groups in total. The average molecular weight is 923 g/mol. The maximum absolute atomic E-state index is 12.8. The van der Waals surface area contributed by atoms with E-state index in [0.29, 0.717) is 12.8 Å². The summed E-state index contributed by atoms with van der Waals surface area (Å²) in [6.45, 7) is 3.34. The average Bonchev–Trinajstić information content (AvgIpc) is 3.26. The number of unbranched alkanes of at least 4 members (excludes halogenated alkanes) is 32. The van der Waals surface area contributed by atoms with E-state index in [1.165, 1.54) is 167 Å². The first-order valence-corrected chi connectivity index (χ1v) is 27.3. The molecule has 374 valence electrons. The molecule has 1 fully saturated rings. The topological polar surface area (TPSA) is 210 Å². The molecule has 0 amide bonds. The number of hydrogen-bond donors (Lipinski definition) is 6. The van der Waals surface area contributed by atoms with E-state index in [-0.39, 0.29) is 12.8 Å². The quantitative estimate of drug-likeness (QED) is 0.0191. The molecule has 63 heavy (non-hydrogen) atoms. The number of phosphoric acid groups is 1. The van der Waals surface area contributed by atoms with Crippen LogP contribution in [0.25, 0.3) is 0 Å². The smallest absolute Gasteiger partial charge is 0.462 e. The third-order valence-electron chi connectivity index (χ3n) is 12.4. The Hall–Kier alpha value is -1.15. The molecule has 0 heterocycles. The maximum Gasteiger partial charge on any atom is 0.472 e. The summed E-state index contributed by atoms with van der Waals surface area (Å²) in [7, 11) is -5.11. The number of carbonyl (C=O) groups is 2. The molecular weight excluding hydrogens is 828 g/mol. The Morgan fingerprint density at radius 2 is 0.714 bits per heavy atom. The number of hydrogen-bond acceptors (Lipinski definition) is 12. The van der Waals surface area contributed by atoms with Crippen LogP contribution in [0, 0.1) is 0 Å². The van der Waals surface area contributed by atoms with Crippen LogP contribution in [-0.4, -0.2) is 98.3 Å². The molecule has 0 radical (unpaired) electrons. The molecule has 0 spiro atoms. The Kier molecular flexibility index (Phi) is 38.0. The van der Waals surface area contributed by atoms with Gasteiger partial charge in [-0.15, -0.1) is 0 Å². The summed E-state index contributed by atoms with van der Waals surface area (Å²) >= 11 is 0. The summed E-state index contributed by atoms with van der Waals surface area (Å²) in [4.78, 5) is 35.8. The molecule has 14 heteroatoms. The molecule has 0 saturated heterocycles. The highest BCUT2D eigenvalue weighted by molar-refractivity contribution is 7.47. The fourth-order valence-electron chi connectivity index (χ4n) is 8.29. The Morgan fingerprint density at radius 3 is 1.05 bits per heavy atom. The number of aliphatic hydroxyl groups is 5. The van der Waals surface area contributed by atoms with Crippen LogP contribution < -0.4 is 0 Å². The molecular formula is C49H95O13P. The fraction of sp³-hybridized carbons (Fsp3) is 0.959. The van der Waals surface area contributed by atoms with Crippen LogP contribution in [0.4, 0.5) is 0 Å². The summed E-state index contributed by atoms with van der Waals surface area (Å²) in [5, 5.41) is 50.2. The fourth-order valence-corrected chi connectivity index (χ4v) is 9.26. The third-order valence-corrected chi connectivity index (χ3v) is 13.4. The van der Waals surface area contributed by atoms with Crippen LogP contribution >= 0.6 is 7.82 Å². The number of rotatable bonds is 44. The Bertz CT molecular complexity index is 1110. The van der Waals surface area contributed by atoms with Crippen LogP contribution in [-0.2, 0) is 32.7 Å². The van der Waals surface area contributed by atoms with E-state index in [2.05, 4.69) is 13.8 Å². The minimum absolute atomic E-state index is 0.105. The minimum atomic E-state index is -5.11. The second-order valence-electron chi connectivity index (χ2n) is 18.4. The van der Waals surface area contributed by atoms with Crippen LogP contribution in [0.3, 0.4) is 0 Å². The number of ether oxygens (including phenoxy) is 2. The van der Waals surface area contributed by atoms with Crippen molar-refractivity contribution in [2.24, 2.45) is 0 Å². The lowest BCUT2D eigenvalue weighted by atomic mass is 9.85. The van der Waals surface area contributed by atoms with Gasteiger partial charge < -0.3 is 39.9 Å². The van der Waals surface area contributed by atoms with Gasteiger partial charge in [0.05, 0.1) is 6.61 Å². The Morgan fingerprint density at radius 1 is 0.429 bits per heavy atom. The predicted octanol–water partition coefficient (Wildman–Crippen LogP) is 10.8. The second-order valence-corrected chi connectivity index (χ2v) is 19.8. The lowest BCUT2D eigenvalue weighted by molar-refractivity contribution is -0.220. The highest BCUT2D eigenvalue weighted by atomic mass is 31.2. The molecule has 8 atom stereocenters. The summed E-state index contributed by atoms with van der Waals surface area (Å²) in [5.41, 5.74) is 0. The van der Waals surface area contributed by atoms with Gasteiger partial charge in [0, 0.05) is 12.8 Å². The first-order valence-electron chi connectivity index (χ1n) is 25.8. The number of esters is 2.